The van der Waals surface area contributed by atoms with E-state index in [0.717, 1.165) is 28.9 Å². The molecule has 0 spiro atoms. The zero-order chi connectivity index (χ0) is 12.8. The molecule has 1 amide bonds. The Bertz CT molecular complexity index is 399. The fourth-order valence-corrected chi connectivity index (χ4v) is 3.00. The summed E-state index contributed by atoms with van der Waals surface area (Å²) < 4.78 is 0.947. The highest BCUT2D eigenvalue weighted by Gasteiger charge is 2.13. The zero-order valence-electron chi connectivity index (χ0n) is 10.6. The van der Waals surface area contributed by atoms with Crippen LogP contribution in [0.1, 0.15) is 48.9 Å². The lowest BCUT2D eigenvalue weighted by molar-refractivity contribution is 0.0950. The highest BCUT2D eigenvalue weighted by atomic mass is 79.9. The predicted molar refractivity (Wildman–Crippen MR) is 77.7 cm³/mol. The molecule has 98 valence electrons. The fourth-order valence-electron chi connectivity index (χ4n) is 2.60. The molecule has 3 heteroatoms. The molecule has 0 heterocycles. The van der Waals surface area contributed by atoms with Gasteiger partial charge in [0.2, 0.25) is 0 Å². The Kier molecular flexibility index (Phi) is 5.24. The van der Waals surface area contributed by atoms with E-state index in [1.54, 1.807) is 0 Å². The van der Waals surface area contributed by atoms with Gasteiger partial charge in [0.15, 0.2) is 0 Å². The van der Waals surface area contributed by atoms with E-state index in [1.807, 2.05) is 24.3 Å². The van der Waals surface area contributed by atoms with Crippen molar-refractivity contribution >= 4 is 21.8 Å². The van der Waals surface area contributed by atoms with Crippen LogP contribution in [-0.2, 0) is 0 Å². The van der Waals surface area contributed by atoms with E-state index in [0.29, 0.717) is 0 Å². The third kappa shape index (κ3) is 4.13. The zero-order valence-corrected chi connectivity index (χ0v) is 12.2. The lowest BCUT2D eigenvalue weighted by atomic mass is 9.87. The van der Waals surface area contributed by atoms with Crippen LogP contribution in [-0.4, -0.2) is 12.5 Å². The predicted octanol–water partition coefficient (Wildman–Crippen LogP) is 4.15. The van der Waals surface area contributed by atoms with Gasteiger partial charge < -0.3 is 5.32 Å². The molecular weight excluding hydrogens is 290 g/mol. The monoisotopic (exact) mass is 309 g/mol. The summed E-state index contributed by atoms with van der Waals surface area (Å²) >= 11 is 3.38. The summed E-state index contributed by atoms with van der Waals surface area (Å²) in [7, 11) is 0. The van der Waals surface area contributed by atoms with Crippen molar-refractivity contribution in [3.05, 3.63) is 34.3 Å². The molecule has 0 radical (unpaired) electrons. The quantitative estimate of drug-likeness (QED) is 0.889. The molecule has 1 saturated carbocycles. The molecule has 1 fully saturated rings. The van der Waals surface area contributed by atoms with Crippen molar-refractivity contribution in [2.75, 3.05) is 6.54 Å². The summed E-state index contributed by atoms with van der Waals surface area (Å²) in [5.74, 6) is 0.855. The van der Waals surface area contributed by atoms with E-state index in [4.69, 9.17) is 0 Å². The first-order chi connectivity index (χ1) is 8.75. The third-order valence-corrected chi connectivity index (χ3v) is 4.14. The lowest BCUT2D eigenvalue weighted by Gasteiger charge is -2.21. The summed E-state index contributed by atoms with van der Waals surface area (Å²) in [4.78, 5) is 11.9. The molecule has 1 aromatic rings. The Labute approximate surface area is 117 Å². The van der Waals surface area contributed by atoms with E-state index < -0.39 is 0 Å². The van der Waals surface area contributed by atoms with Gasteiger partial charge in [-0.25, -0.2) is 0 Å². The molecule has 0 aromatic heterocycles. The second-order valence-corrected chi connectivity index (χ2v) is 5.97. The van der Waals surface area contributed by atoms with Gasteiger partial charge in [0.05, 0.1) is 0 Å². The van der Waals surface area contributed by atoms with Crippen LogP contribution < -0.4 is 5.32 Å². The van der Waals surface area contributed by atoms with E-state index in [9.17, 15) is 4.79 Å². The van der Waals surface area contributed by atoms with E-state index >= 15 is 0 Å². The number of rotatable bonds is 4. The lowest BCUT2D eigenvalue weighted by Crippen LogP contribution is -2.26. The molecule has 1 aromatic carbocycles. The summed E-state index contributed by atoms with van der Waals surface area (Å²) in [5, 5.41) is 3.01. The second kappa shape index (κ2) is 6.93. The minimum atomic E-state index is 0.0344. The molecule has 18 heavy (non-hydrogen) atoms. The first-order valence-corrected chi connectivity index (χ1v) is 7.59. The van der Waals surface area contributed by atoms with Crippen LogP contribution in [0.5, 0.6) is 0 Å². The first kappa shape index (κ1) is 13.6. The average Bonchev–Trinajstić information content (AvgIpc) is 2.40. The maximum absolute atomic E-state index is 11.9. The van der Waals surface area contributed by atoms with Crippen molar-refractivity contribution in [2.45, 2.75) is 38.5 Å². The van der Waals surface area contributed by atoms with Crippen LogP contribution in [0.25, 0.3) is 0 Å². The Balaban J connectivity index is 1.74. The van der Waals surface area contributed by atoms with Crippen molar-refractivity contribution < 1.29 is 4.79 Å². The van der Waals surface area contributed by atoms with Gasteiger partial charge in [0, 0.05) is 16.6 Å². The molecule has 1 N–H and O–H groups in total. The van der Waals surface area contributed by atoms with Crippen molar-refractivity contribution in [1.29, 1.82) is 0 Å². The van der Waals surface area contributed by atoms with Gasteiger partial charge in [-0.2, -0.15) is 0 Å². The number of carbonyl (C=O) groups is 1. The van der Waals surface area contributed by atoms with Crippen molar-refractivity contribution in [2.24, 2.45) is 5.92 Å². The number of carbonyl (C=O) groups excluding carboxylic acids is 1. The van der Waals surface area contributed by atoms with Crippen LogP contribution in [0, 0.1) is 5.92 Å². The first-order valence-electron chi connectivity index (χ1n) is 6.79. The molecule has 0 atom stereocenters. The summed E-state index contributed by atoms with van der Waals surface area (Å²) in [6.07, 6.45) is 7.93. The van der Waals surface area contributed by atoms with Crippen molar-refractivity contribution in [1.82, 2.24) is 5.32 Å². The highest BCUT2D eigenvalue weighted by Crippen LogP contribution is 2.25. The van der Waals surface area contributed by atoms with Crippen LogP contribution in [0.15, 0.2) is 28.7 Å². The maximum Gasteiger partial charge on any atom is 0.251 e. The van der Waals surface area contributed by atoms with Crippen LogP contribution in [0.4, 0.5) is 0 Å². The Hall–Kier alpha value is -0.830. The van der Waals surface area contributed by atoms with Gasteiger partial charge in [-0.15, -0.1) is 0 Å². The Morgan fingerprint density at radius 1 is 1.28 bits per heavy atom. The number of benzene rings is 1. The summed E-state index contributed by atoms with van der Waals surface area (Å²) in [5.41, 5.74) is 0.730. The molecule has 0 unspecified atom stereocenters. The van der Waals surface area contributed by atoms with Crippen molar-refractivity contribution in [3.8, 4) is 0 Å². The fraction of sp³-hybridized carbons (Fsp3) is 0.533. The smallest absolute Gasteiger partial charge is 0.251 e. The van der Waals surface area contributed by atoms with Gasteiger partial charge in [0.1, 0.15) is 0 Å². The van der Waals surface area contributed by atoms with Gasteiger partial charge >= 0.3 is 0 Å². The topological polar surface area (TPSA) is 29.1 Å². The number of halogens is 1. The molecular formula is C15H20BrNO. The maximum atomic E-state index is 11.9. The second-order valence-electron chi connectivity index (χ2n) is 5.06. The van der Waals surface area contributed by atoms with E-state index in [1.165, 1.54) is 32.1 Å². The molecule has 1 aliphatic rings. The standard InChI is InChI=1S/C15H20BrNO/c16-14-8-4-7-13(11-14)15(18)17-10-9-12-5-2-1-3-6-12/h4,7-8,11-12H,1-3,5-6,9-10H2,(H,17,18). The van der Waals surface area contributed by atoms with Crippen LogP contribution >= 0.6 is 15.9 Å². The number of hydrogen-bond donors (Lipinski definition) is 1. The van der Waals surface area contributed by atoms with Gasteiger partial charge in [-0.05, 0) is 30.5 Å². The van der Waals surface area contributed by atoms with Gasteiger partial charge in [-0.3, -0.25) is 4.79 Å². The number of hydrogen-bond acceptors (Lipinski definition) is 1. The summed E-state index contributed by atoms with van der Waals surface area (Å²) in [6, 6.07) is 7.52. The van der Waals surface area contributed by atoms with E-state index in [2.05, 4.69) is 21.2 Å². The highest BCUT2D eigenvalue weighted by molar-refractivity contribution is 9.10. The minimum Gasteiger partial charge on any atom is -0.352 e. The van der Waals surface area contributed by atoms with Crippen molar-refractivity contribution in [3.63, 3.8) is 0 Å². The third-order valence-electron chi connectivity index (χ3n) is 3.65. The molecule has 2 rings (SSSR count). The molecule has 1 aliphatic carbocycles. The average molecular weight is 310 g/mol. The normalized spacial score (nSPS) is 16.5. The molecule has 0 bridgehead atoms. The summed E-state index contributed by atoms with van der Waals surface area (Å²) in [6.45, 7) is 0.802. The molecule has 0 aliphatic heterocycles. The Morgan fingerprint density at radius 2 is 2.06 bits per heavy atom. The molecule has 0 saturated heterocycles. The minimum absolute atomic E-state index is 0.0344. The Morgan fingerprint density at radius 3 is 2.78 bits per heavy atom. The van der Waals surface area contributed by atoms with Gasteiger partial charge in [0.25, 0.3) is 5.91 Å². The van der Waals surface area contributed by atoms with Gasteiger partial charge in [-0.1, -0.05) is 54.1 Å². The largest absolute Gasteiger partial charge is 0.352 e. The molecule has 2 nitrogen and oxygen atoms in total. The van der Waals surface area contributed by atoms with Crippen LogP contribution in [0.2, 0.25) is 0 Å². The van der Waals surface area contributed by atoms with Crippen LogP contribution in [0.3, 0.4) is 0 Å². The number of amides is 1. The SMILES string of the molecule is O=C(NCCC1CCCCC1)c1cccc(Br)c1. The van der Waals surface area contributed by atoms with E-state index in [-0.39, 0.29) is 5.91 Å². The number of nitrogens with one attached hydrogen (secondary N) is 1.